The average molecular weight is 394 g/mol. The third-order valence-electron chi connectivity index (χ3n) is 3.79. The summed E-state index contributed by atoms with van der Waals surface area (Å²) in [5.41, 5.74) is 3.35. The van der Waals surface area contributed by atoms with E-state index >= 15 is 0 Å². The number of aliphatic carboxylic acids is 1. The summed E-state index contributed by atoms with van der Waals surface area (Å²) in [5.74, 6) is -0.974. The molecule has 128 valence electrons. The van der Waals surface area contributed by atoms with Gasteiger partial charge in [-0.15, -0.1) is 0 Å². The van der Waals surface area contributed by atoms with Crippen LogP contribution in [0.1, 0.15) is 34.6 Å². The van der Waals surface area contributed by atoms with Crippen LogP contribution >= 0.6 is 15.9 Å². The molecule has 1 N–H and O–H groups in total. The smallest absolute Gasteiger partial charge is 0.303 e. The molecule has 0 atom stereocenters. The van der Waals surface area contributed by atoms with Crippen molar-refractivity contribution in [1.82, 2.24) is 14.7 Å². The highest BCUT2D eigenvalue weighted by molar-refractivity contribution is 9.10. The second kappa shape index (κ2) is 7.61. The SMILES string of the molecule is Cc1nn(-c2ccc(C(=O)N(C)CCCC(=O)O)cc2)c(C)c1Br. The van der Waals surface area contributed by atoms with Crippen LogP contribution in [0.2, 0.25) is 0 Å². The maximum absolute atomic E-state index is 12.3. The molecule has 0 aliphatic carbocycles. The number of aryl methyl sites for hydroxylation is 1. The first kappa shape index (κ1) is 18.2. The van der Waals surface area contributed by atoms with E-state index in [2.05, 4.69) is 21.0 Å². The van der Waals surface area contributed by atoms with Gasteiger partial charge in [0.15, 0.2) is 0 Å². The molecule has 0 saturated heterocycles. The van der Waals surface area contributed by atoms with Gasteiger partial charge in [0.05, 0.1) is 21.5 Å². The van der Waals surface area contributed by atoms with Crippen LogP contribution in [0.4, 0.5) is 0 Å². The zero-order valence-electron chi connectivity index (χ0n) is 13.9. The summed E-state index contributed by atoms with van der Waals surface area (Å²) in [6.45, 7) is 4.31. The lowest BCUT2D eigenvalue weighted by atomic mass is 10.1. The highest BCUT2D eigenvalue weighted by atomic mass is 79.9. The molecule has 1 heterocycles. The van der Waals surface area contributed by atoms with Crippen LogP contribution in [-0.2, 0) is 4.79 Å². The molecule has 0 fully saturated rings. The zero-order valence-corrected chi connectivity index (χ0v) is 15.5. The molecule has 2 aromatic rings. The number of halogens is 1. The molecule has 0 aliphatic heterocycles. The van der Waals surface area contributed by atoms with Crippen molar-refractivity contribution in [2.24, 2.45) is 0 Å². The number of aromatic nitrogens is 2. The van der Waals surface area contributed by atoms with Crippen molar-refractivity contribution in [3.8, 4) is 5.69 Å². The fourth-order valence-electron chi connectivity index (χ4n) is 2.41. The number of nitrogens with zero attached hydrogens (tertiary/aromatic N) is 3. The van der Waals surface area contributed by atoms with E-state index < -0.39 is 5.97 Å². The zero-order chi connectivity index (χ0) is 17.9. The summed E-state index contributed by atoms with van der Waals surface area (Å²) in [6.07, 6.45) is 0.499. The number of hydrogen-bond donors (Lipinski definition) is 1. The number of rotatable bonds is 6. The average Bonchev–Trinajstić information content (AvgIpc) is 2.81. The Morgan fingerprint density at radius 1 is 1.25 bits per heavy atom. The first-order valence-electron chi connectivity index (χ1n) is 7.60. The van der Waals surface area contributed by atoms with Crippen molar-refractivity contribution >= 4 is 27.8 Å². The molecule has 7 heteroatoms. The van der Waals surface area contributed by atoms with Crippen LogP contribution in [0, 0.1) is 13.8 Å². The van der Waals surface area contributed by atoms with E-state index in [-0.39, 0.29) is 12.3 Å². The Hall–Kier alpha value is -2.15. The largest absolute Gasteiger partial charge is 0.481 e. The molecule has 6 nitrogen and oxygen atoms in total. The molecule has 1 aromatic carbocycles. The van der Waals surface area contributed by atoms with Crippen molar-refractivity contribution in [1.29, 1.82) is 0 Å². The Labute approximate surface area is 149 Å². The fourth-order valence-corrected chi connectivity index (χ4v) is 2.66. The normalized spacial score (nSPS) is 10.7. The summed E-state index contributed by atoms with van der Waals surface area (Å²) < 4.78 is 2.80. The Morgan fingerprint density at radius 3 is 2.38 bits per heavy atom. The third-order valence-corrected chi connectivity index (χ3v) is 4.94. The van der Waals surface area contributed by atoms with Gasteiger partial charge in [0.25, 0.3) is 5.91 Å². The van der Waals surface area contributed by atoms with Gasteiger partial charge in [-0.05, 0) is 60.5 Å². The number of carbonyl (C=O) groups is 2. The lowest BCUT2D eigenvalue weighted by molar-refractivity contribution is -0.137. The summed E-state index contributed by atoms with van der Waals surface area (Å²) in [4.78, 5) is 24.4. The first-order chi connectivity index (χ1) is 11.3. The minimum Gasteiger partial charge on any atom is -0.481 e. The van der Waals surface area contributed by atoms with Gasteiger partial charge in [-0.1, -0.05) is 0 Å². The number of carbonyl (C=O) groups excluding carboxylic acids is 1. The van der Waals surface area contributed by atoms with Crippen molar-refractivity contribution in [2.45, 2.75) is 26.7 Å². The molecule has 1 aromatic heterocycles. The molecule has 1 amide bonds. The van der Waals surface area contributed by atoms with Crippen molar-refractivity contribution in [2.75, 3.05) is 13.6 Å². The van der Waals surface area contributed by atoms with E-state index in [9.17, 15) is 9.59 Å². The number of benzene rings is 1. The second-order valence-electron chi connectivity index (χ2n) is 5.67. The Morgan fingerprint density at radius 2 is 1.88 bits per heavy atom. The van der Waals surface area contributed by atoms with Crippen LogP contribution < -0.4 is 0 Å². The van der Waals surface area contributed by atoms with Gasteiger partial charge >= 0.3 is 5.97 Å². The summed E-state index contributed by atoms with van der Waals surface area (Å²) in [6, 6.07) is 7.22. The first-order valence-corrected chi connectivity index (χ1v) is 8.40. The van der Waals surface area contributed by atoms with Crippen molar-refractivity contribution in [3.63, 3.8) is 0 Å². The van der Waals surface area contributed by atoms with Gasteiger partial charge in [0, 0.05) is 25.6 Å². The quantitative estimate of drug-likeness (QED) is 0.817. The Kier molecular flexibility index (Phi) is 5.77. The van der Waals surface area contributed by atoms with Gasteiger partial charge in [0.2, 0.25) is 0 Å². The predicted octanol–water partition coefficient (Wildman–Crippen LogP) is 3.19. The lowest BCUT2D eigenvalue weighted by Gasteiger charge is -2.17. The van der Waals surface area contributed by atoms with Crippen molar-refractivity contribution < 1.29 is 14.7 Å². The minimum atomic E-state index is -0.851. The van der Waals surface area contributed by atoms with Crippen LogP contribution in [-0.4, -0.2) is 45.3 Å². The number of hydrogen-bond acceptors (Lipinski definition) is 3. The minimum absolute atomic E-state index is 0.0589. The van der Waals surface area contributed by atoms with Crippen LogP contribution in [0.15, 0.2) is 28.7 Å². The second-order valence-corrected chi connectivity index (χ2v) is 6.46. The fraction of sp³-hybridized carbons (Fsp3) is 0.353. The highest BCUT2D eigenvalue weighted by Gasteiger charge is 2.14. The maximum Gasteiger partial charge on any atom is 0.303 e. The summed E-state index contributed by atoms with van der Waals surface area (Å²) in [5, 5.41) is 13.1. The van der Waals surface area contributed by atoms with E-state index in [4.69, 9.17) is 5.11 Å². The topological polar surface area (TPSA) is 75.4 Å². The summed E-state index contributed by atoms with van der Waals surface area (Å²) in [7, 11) is 1.68. The predicted molar refractivity (Wildman–Crippen MR) is 94.6 cm³/mol. The van der Waals surface area contributed by atoms with Crippen LogP contribution in [0.5, 0.6) is 0 Å². The molecule has 0 aliphatic rings. The van der Waals surface area contributed by atoms with Gasteiger partial charge in [-0.25, -0.2) is 4.68 Å². The van der Waals surface area contributed by atoms with E-state index in [1.54, 1.807) is 19.2 Å². The number of amides is 1. The molecule has 24 heavy (non-hydrogen) atoms. The standard InChI is InChI=1S/C17H20BrN3O3/c1-11-16(18)12(2)21(19-11)14-8-6-13(7-9-14)17(24)20(3)10-4-5-15(22)23/h6-9H,4-5,10H2,1-3H3,(H,22,23). The van der Waals surface area contributed by atoms with Crippen molar-refractivity contribution in [3.05, 3.63) is 45.7 Å². The molecule has 2 rings (SSSR count). The van der Waals surface area contributed by atoms with E-state index in [1.165, 1.54) is 4.90 Å². The van der Waals surface area contributed by atoms with Gasteiger partial charge in [-0.2, -0.15) is 5.10 Å². The Balaban J connectivity index is 2.09. The maximum atomic E-state index is 12.3. The van der Waals surface area contributed by atoms with Gasteiger partial charge in [0.1, 0.15) is 0 Å². The molecule has 0 bridgehead atoms. The Bertz CT molecular complexity index is 753. The molecule has 0 unspecified atom stereocenters. The van der Waals surface area contributed by atoms with E-state index in [0.29, 0.717) is 18.5 Å². The summed E-state index contributed by atoms with van der Waals surface area (Å²) >= 11 is 3.50. The molecule has 0 radical (unpaired) electrons. The third kappa shape index (κ3) is 4.03. The molecule has 0 spiro atoms. The van der Waals surface area contributed by atoms with Gasteiger partial charge in [-0.3, -0.25) is 9.59 Å². The van der Waals surface area contributed by atoms with Crippen LogP contribution in [0.25, 0.3) is 5.69 Å². The molecular weight excluding hydrogens is 374 g/mol. The van der Waals surface area contributed by atoms with Crippen LogP contribution in [0.3, 0.4) is 0 Å². The monoisotopic (exact) mass is 393 g/mol. The molecular formula is C17H20BrN3O3. The van der Waals surface area contributed by atoms with E-state index in [1.807, 2.05) is 30.7 Å². The number of carboxylic acid groups (broad SMARTS) is 1. The van der Waals surface area contributed by atoms with E-state index in [0.717, 1.165) is 21.5 Å². The highest BCUT2D eigenvalue weighted by Crippen LogP contribution is 2.23. The lowest BCUT2D eigenvalue weighted by Crippen LogP contribution is -2.28. The number of carboxylic acids is 1. The van der Waals surface area contributed by atoms with Gasteiger partial charge < -0.3 is 10.0 Å². The molecule has 0 saturated carbocycles.